The van der Waals surface area contributed by atoms with Crippen LogP contribution in [0.5, 0.6) is 0 Å². The monoisotopic (exact) mass is 354 g/mol. The molecule has 26 heavy (non-hydrogen) atoms. The Morgan fingerprint density at radius 3 is 2.88 bits per heavy atom. The van der Waals surface area contributed by atoms with Gasteiger partial charge in [0.1, 0.15) is 24.1 Å². The molecule has 8 heteroatoms. The number of carbonyl (C=O) groups is 1. The van der Waals surface area contributed by atoms with Crippen LogP contribution in [0.3, 0.4) is 0 Å². The van der Waals surface area contributed by atoms with Gasteiger partial charge < -0.3 is 14.2 Å². The lowest BCUT2D eigenvalue weighted by Crippen LogP contribution is -2.30. The lowest BCUT2D eigenvalue weighted by atomic mass is 9.91. The molecule has 1 amide bonds. The number of nitriles is 1. The number of aromatic nitrogens is 4. The van der Waals surface area contributed by atoms with Crippen molar-refractivity contribution < 1.29 is 9.53 Å². The molecule has 0 radical (unpaired) electrons. The van der Waals surface area contributed by atoms with Crippen LogP contribution >= 0.6 is 0 Å². The second kappa shape index (κ2) is 6.57. The summed E-state index contributed by atoms with van der Waals surface area (Å²) in [5, 5.41) is 16.4. The zero-order valence-corrected chi connectivity index (χ0v) is 15.0. The van der Waals surface area contributed by atoms with Gasteiger partial charge in [0.05, 0.1) is 0 Å². The van der Waals surface area contributed by atoms with E-state index in [-0.39, 0.29) is 11.8 Å². The molecule has 1 aliphatic carbocycles. The second-order valence-corrected chi connectivity index (χ2v) is 7.17. The highest BCUT2D eigenvalue weighted by atomic mass is 16.5. The molecule has 0 aromatic carbocycles. The first kappa shape index (κ1) is 16.8. The van der Waals surface area contributed by atoms with E-state index >= 15 is 0 Å². The van der Waals surface area contributed by atoms with Crippen LogP contribution < -0.4 is 0 Å². The maximum atomic E-state index is 13.0. The highest BCUT2D eigenvalue weighted by Gasteiger charge is 2.46. The summed E-state index contributed by atoms with van der Waals surface area (Å²) in [6.07, 6.45) is 2.42. The fourth-order valence-corrected chi connectivity index (χ4v) is 3.95. The third-order valence-electron chi connectivity index (χ3n) is 5.50. The number of nitrogens with zero attached hydrogens (tertiary/aromatic N) is 5. The quantitative estimate of drug-likeness (QED) is 0.875. The summed E-state index contributed by atoms with van der Waals surface area (Å²) in [5.41, 5.74) is 1.04. The Labute approximate surface area is 151 Å². The van der Waals surface area contributed by atoms with E-state index in [9.17, 15) is 4.79 Å². The van der Waals surface area contributed by atoms with Crippen molar-refractivity contribution in [2.24, 2.45) is 18.9 Å². The van der Waals surface area contributed by atoms with Crippen molar-refractivity contribution in [3.8, 4) is 6.07 Å². The van der Waals surface area contributed by atoms with E-state index in [1.54, 1.807) is 30.9 Å². The molecule has 2 aliphatic rings. The summed E-state index contributed by atoms with van der Waals surface area (Å²) < 4.78 is 6.76. The van der Waals surface area contributed by atoms with Crippen LogP contribution in [0, 0.1) is 23.2 Å². The third-order valence-corrected chi connectivity index (χ3v) is 5.50. The lowest BCUT2D eigenvalue weighted by Gasteiger charge is -2.16. The number of H-pyrrole nitrogens is 1. The van der Waals surface area contributed by atoms with E-state index in [4.69, 9.17) is 10.00 Å². The normalized spacial score (nSPS) is 22.6. The number of hydrogen-bond donors (Lipinski definition) is 1. The Balaban J connectivity index is 1.56. The summed E-state index contributed by atoms with van der Waals surface area (Å²) >= 11 is 0. The van der Waals surface area contributed by atoms with E-state index in [0.29, 0.717) is 42.2 Å². The Hall–Kier alpha value is -2.66. The number of nitrogens with one attached hydrogen (secondary N) is 1. The molecule has 136 valence electrons. The van der Waals surface area contributed by atoms with Crippen LogP contribution in [-0.2, 0) is 18.4 Å². The second-order valence-electron chi connectivity index (χ2n) is 7.17. The van der Waals surface area contributed by atoms with E-state index in [1.807, 2.05) is 4.90 Å². The van der Waals surface area contributed by atoms with Gasteiger partial charge in [0.15, 0.2) is 11.6 Å². The van der Waals surface area contributed by atoms with Gasteiger partial charge in [0.25, 0.3) is 5.91 Å². The van der Waals surface area contributed by atoms with Crippen LogP contribution in [0.4, 0.5) is 0 Å². The minimum atomic E-state index is -0.0326. The van der Waals surface area contributed by atoms with Crippen molar-refractivity contribution in [1.82, 2.24) is 24.6 Å². The van der Waals surface area contributed by atoms with Gasteiger partial charge in [-0.1, -0.05) is 0 Å². The van der Waals surface area contributed by atoms with Crippen molar-refractivity contribution in [2.45, 2.75) is 25.4 Å². The molecular weight excluding hydrogens is 332 g/mol. The van der Waals surface area contributed by atoms with Crippen LogP contribution in [0.15, 0.2) is 12.1 Å². The highest BCUT2D eigenvalue weighted by Crippen LogP contribution is 2.47. The SMILES string of the molecule is COCc1nc([C@H]2CN(C(=O)c3ccc(C#N)n3C)C[C@@H]2C2CC2)n[nH]1. The maximum absolute atomic E-state index is 13.0. The molecule has 4 rings (SSSR count). The van der Waals surface area contributed by atoms with Gasteiger partial charge in [0.2, 0.25) is 0 Å². The molecule has 1 N–H and O–H groups in total. The number of likely N-dealkylation sites (tertiary alicyclic amines) is 1. The predicted octanol–water partition coefficient (Wildman–Crippen LogP) is 1.43. The molecule has 0 unspecified atom stereocenters. The van der Waals surface area contributed by atoms with Crippen molar-refractivity contribution in [3.05, 3.63) is 35.2 Å². The number of carbonyl (C=O) groups excluding carboxylic acids is 1. The zero-order valence-electron chi connectivity index (χ0n) is 15.0. The van der Waals surface area contributed by atoms with Gasteiger partial charge in [-0.25, -0.2) is 4.98 Å². The minimum Gasteiger partial charge on any atom is -0.377 e. The summed E-state index contributed by atoms with van der Waals surface area (Å²) in [4.78, 5) is 19.4. The Kier molecular flexibility index (Phi) is 4.24. The molecule has 1 saturated carbocycles. The molecule has 8 nitrogen and oxygen atoms in total. The fraction of sp³-hybridized carbons (Fsp3) is 0.556. The van der Waals surface area contributed by atoms with Gasteiger partial charge >= 0.3 is 0 Å². The van der Waals surface area contributed by atoms with E-state index < -0.39 is 0 Å². The zero-order chi connectivity index (χ0) is 18.3. The first-order chi connectivity index (χ1) is 12.6. The van der Waals surface area contributed by atoms with E-state index in [2.05, 4.69) is 21.3 Å². The smallest absolute Gasteiger partial charge is 0.270 e. The first-order valence-corrected chi connectivity index (χ1v) is 8.87. The van der Waals surface area contributed by atoms with Crippen LogP contribution in [0.1, 0.15) is 46.6 Å². The molecule has 2 atom stereocenters. The Bertz CT molecular complexity index is 859. The van der Waals surface area contributed by atoms with Crippen molar-refractivity contribution in [2.75, 3.05) is 20.2 Å². The summed E-state index contributed by atoms with van der Waals surface area (Å²) in [6.45, 7) is 1.73. The summed E-state index contributed by atoms with van der Waals surface area (Å²) in [6, 6.07) is 5.52. The molecule has 1 aliphatic heterocycles. The van der Waals surface area contributed by atoms with Crippen LogP contribution in [-0.4, -0.2) is 50.8 Å². The van der Waals surface area contributed by atoms with Gasteiger partial charge in [-0.2, -0.15) is 10.4 Å². The highest BCUT2D eigenvalue weighted by molar-refractivity contribution is 5.93. The average Bonchev–Trinajstić information content (AvgIpc) is 3.06. The molecule has 0 bridgehead atoms. The van der Waals surface area contributed by atoms with Crippen molar-refractivity contribution in [1.29, 1.82) is 5.26 Å². The van der Waals surface area contributed by atoms with Crippen LogP contribution in [0.2, 0.25) is 0 Å². The van der Waals surface area contributed by atoms with Gasteiger partial charge in [-0.15, -0.1) is 0 Å². The molecule has 0 spiro atoms. The van der Waals surface area contributed by atoms with Crippen molar-refractivity contribution >= 4 is 5.91 Å². The Morgan fingerprint density at radius 1 is 1.42 bits per heavy atom. The van der Waals surface area contributed by atoms with Gasteiger partial charge in [-0.3, -0.25) is 9.89 Å². The predicted molar refractivity (Wildman–Crippen MR) is 92.1 cm³/mol. The molecule has 2 aromatic rings. The number of amides is 1. The van der Waals surface area contributed by atoms with Crippen molar-refractivity contribution in [3.63, 3.8) is 0 Å². The Morgan fingerprint density at radius 2 is 2.23 bits per heavy atom. The van der Waals surface area contributed by atoms with Gasteiger partial charge in [0, 0.05) is 33.2 Å². The first-order valence-electron chi connectivity index (χ1n) is 8.87. The molecule has 3 heterocycles. The summed E-state index contributed by atoms with van der Waals surface area (Å²) in [7, 11) is 3.38. The number of hydrogen-bond acceptors (Lipinski definition) is 5. The standard InChI is InChI=1S/C18H22N6O2/c1-23-12(7-19)5-6-15(23)18(25)24-8-13(11-3-4-11)14(9-24)17-20-16(10-26-2)21-22-17/h5-6,11,13-14H,3-4,8-10H2,1-2H3,(H,20,21,22)/t13-,14+/m1/s1. The van der Waals surface area contributed by atoms with Gasteiger partial charge in [-0.05, 0) is 36.8 Å². The molecular formula is C18H22N6O2. The number of aromatic amines is 1. The lowest BCUT2D eigenvalue weighted by molar-refractivity contribution is 0.0775. The largest absolute Gasteiger partial charge is 0.377 e. The van der Waals surface area contributed by atoms with E-state index in [1.165, 1.54) is 12.8 Å². The van der Waals surface area contributed by atoms with Crippen LogP contribution in [0.25, 0.3) is 0 Å². The fourth-order valence-electron chi connectivity index (χ4n) is 3.95. The molecule has 1 saturated heterocycles. The average molecular weight is 354 g/mol. The summed E-state index contributed by atoms with van der Waals surface area (Å²) in [5.74, 6) is 2.63. The number of methoxy groups -OCH3 is 1. The molecule has 2 fully saturated rings. The number of rotatable bonds is 5. The third kappa shape index (κ3) is 2.88. The maximum Gasteiger partial charge on any atom is 0.270 e. The van der Waals surface area contributed by atoms with E-state index in [0.717, 1.165) is 12.4 Å². The minimum absolute atomic E-state index is 0.0326. The topological polar surface area (TPSA) is 99.8 Å². The molecule has 2 aromatic heterocycles. The number of ether oxygens (including phenoxy) is 1.